The molecular weight excluding hydrogens is 449 g/mol. The van der Waals surface area contributed by atoms with Gasteiger partial charge >= 0.3 is 0 Å². The molecule has 0 radical (unpaired) electrons. The van der Waals surface area contributed by atoms with Gasteiger partial charge < -0.3 is 10.2 Å². The second-order valence-electron chi connectivity index (χ2n) is 8.99. The van der Waals surface area contributed by atoms with E-state index in [2.05, 4.69) is 5.32 Å². The molecule has 0 saturated carbocycles. The second kappa shape index (κ2) is 7.87. The van der Waals surface area contributed by atoms with Gasteiger partial charge in [0, 0.05) is 0 Å². The summed E-state index contributed by atoms with van der Waals surface area (Å²) in [6.07, 6.45) is 0. The largest absolute Gasteiger partial charge is 0.324 e. The number of rotatable bonds is 3. The first kappa shape index (κ1) is 21.2. The van der Waals surface area contributed by atoms with E-state index >= 15 is 0 Å². The summed E-state index contributed by atoms with van der Waals surface area (Å²) in [6, 6.07) is 19.1. The summed E-state index contributed by atoms with van der Waals surface area (Å²) < 4.78 is 13.7. The highest BCUT2D eigenvalue weighted by molar-refractivity contribution is 6.16. The molecular formula is C27H20FN3O4. The van der Waals surface area contributed by atoms with Crippen molar-refractivity contribution in [2.75, 3.05) is 5.32 Å². The zero-order valence-electron chi connectivity index (χ0n) is 18.4. The molecule has 1 N–H and O–H groups in total. The van der Waals surface area contributed by atoms with E-state index in [1.165, 1.54) is 34.1 Å². The number of hydrogen-bond donors (Lipinski definition) is 1. The summed E-state index contributed by atoms with van der Waals surface area (Å²) in [5, 5.41) is 2.77. The second-order valence-corrected chi connectivity index (χ2v) is 8.99. The minimum Gasteiger partial charge on any atom is -0.324 e. The molecule has 2 saturated heterocycles. The Hall–Kier alpha value is -4.33. The third kappa shape index (κ3) is 3.17. The molecule has 3 aliphatic heterocycles. The first-order valence-corrected chi connectivity index (χ1v) is 11.3. The van der Waals surface area contributed by atoms with Crippen LogP contribution in [0.25, 0.3) is 0 Å². The summed E-state index contributed by atoms with van der Waals surface area (Å²) in [5.74, 6) is -4.38. The first-order valence-electron chi connectivity index (χ1n) is 11.3. The molecule has 8 heteroatoms. The number of anilines is 1. The molecule has 4 atom stereocenters. The van der Waals surface area contributed by atoms with Crippen molar-refractivity contribution in [2.45, 2.75) is 18.6 Å². The van der Waals surface area contributed by atoms with Crippen LogP contribution in [0.3, 0.4) is 0 Å². The van der Waals surface area contributed by atoms with E-state index in [9.17, 15) is 23.6 Å². The Morgan fingerprint density at radius 3 is 2.09 bits per heavy atom. The van der Waals surface area contributed by atoms with E-state index in [0.29, 0.717) is 11.3 Å². The van der Waals surface area contributed by atoms with E-state index in [1.54, 1.807) is 24.3 Å². The number of nitrogens with one attached hydrogen (secondary N) is 1. The lowest BCUT2D eigenvalue weighted by molar-refractivity contribution is -0.143. The van der Waals surface area contributed by atoms with Gasteiger partial charge in [-0.05, 0) is 35.4 Å². The van der Waals surface area contributed by atoms with Gasteiger partial charge in [0.25, 0.3) is 5.91 Å². The van der Waals surface area contributed by atoms with Crippen molar-refractivity contribution in [3.8, 4) is 0 Å². The molecule has 3 aromatic rings. The van der Waals surface area contributed by atoms with Gasteiger partial charge in [0.1, 0.15) is 11.9 Å². The van der Waals surface area contributed by atoms with Crippen LogP contribution in [0.2, 0.25) is 0 Å². The minimum absolute atomic E-state index is 0.0736. The van der Waals surface area contributed by atoms with Gasteiger partial charge in [0.05, 0.1) is 35.7 Å². The molecule has 2 fully saturated rings. The van der Waals surface area contributed by atoms with Crippen LogP contribution in [-0.4, -0.2) is 39.5 Å². The number of hydrogen-bond acceptors (Lipinski definition) is 4. The maximum atomic E-state index is 13.8. The van der Waals surface area contributed by atoms with Crippen molar-refractivity contribution < 1.29 is 23.6 Å². The number of carbonyl (C=O) groups is 4. The molecule has 4 amide bonds. The molecule has 0 spiro atoms. The van der Waals surface area contributed by atoms with E-state index in [-0.39, 0.29) is 12.1 Å². The topological polar surface area (TPSA) is 86.8 Å². The van der Waals surface area contributed by atoms with Gasteiger partial charge in [-0.1, -0.05) is 54.6 Å². The number of carbonyl (C=O) groups excluding carboxylic acids is 4. The van der Waals surface area contributed by atoms with Gasteiger partial charge in [0.15, 0.2) is 0 Å². The highest BCUT2D eigenvalue weighted by Gasteiger charge is 2.66. The van der Waals surface area contributed by atoms with Crippen LogP contribution in [0.4, 0.5) is 10.1 Å². The minimum atomic E-state index is -1.17. The highest BCUT2D eigenvalue weighted by atomic mass is 19.1. The van der Waals surface area contributed by atoms with Crippen LogP contribution >= 0.6 is 0 Å². The normalized spacial score (nSPS) is 25.2. The molecule has 35 heavy (non-hydrogen) atoms. The molecule has 3 heterocycles. The Morgan fingerprint density at radius 2 is 1.37 bits per heavy atom. The zero-order valence-corrected chi connectivity index (χ0v) is 18.4. The fourth-order valence-corrected chi connectivity index (χ4v) is 5.57. The SMILES string of the molecule is O=C1Nc2ccccc2C(=O)N2C1C1C(=O)N(Cc3ccccc3)C(=O)C1C2c1ccc(F)cc1. The molecule has 174 valence electrons. The summed E-state index contributed by atoms with van der Waals surface area (Å²) >= 11 is 0. The summed E-state index contributed by atoms with van der Waals surface area (Å²) in [5.41, 5.74) is 1.89. The quantitative estimate of drug-likeness (QED) is 0.597. The monoisotopic (exact) mass is 469 g/mol. The highest BCUT2D eigenvalue weighted by Crippen LogP contribution is 2.52. The van der Waals surface area contributed by atoms with Crippen molar-refractivity contribution in [1.82, 2.24) is 9.80 Å². The third-order valence-corrected chi connectivity index (χ3v) is 7.08. The first-order chi connectivity index (χ1) is 17.0. The number of nitrogens with zero attached hydrogens (tertiary/aromatic N) is 2. The van der Waals surface area contributed by atoms with Gasteiger partial charge in [-0.25, -0.2) is 4.39 Å². The number of amides is 4. The molecule has 3 aliphatic rings. The Kier molecular flexibility index (Phi) is 4.77. The predicted octanol–water partition coefficient (Wildman–Crippen LogP) is 3.14. The molecule has 4 unspecified atom stereocenters. The van der Waals surface area contributed by atoms with Crippen molar-refractivity contribution >= 4 is 29.3 Å². The smallest absolute Gasteiger partial charge is 0.257 e. The molecule has 0 aromatic heterocycles. The van der Waals surface area contributed by atoms with Crippen molar-refractivity contribution in [3.05, 3.63) is 101 Å². The fraction of sp³-hybridized carbons (Fsp3) is 0.185. The molecule has 0 bridgehead atoms. The van der Waals surface area contributed by atoms with E-state index in [4.69, 9.17) is 0 Å². The van der Waals surface area contributed by atoms with Gasteiger partial charge in [-0.2, -0.15) is 0 Å². The van der Waals surface area contributed by atoms with Crippen LogP contribution in [0.5, 0.6) is 0 Å². The lowest BCUT2D eigenvalue weighted by atomic mass is 9.86. The van der Waals surface area contributed by atoms with Gasteiger partial charge in [0.2, 0.25) is 17.7 Å². The number of imide groups is 1. The summed E-state index contributed by atoms with van der Waals surface area (Å²) in [7, 11) is 0. The van der Waals surface area contributed by atoms with Crippen molar-refractivity contribution in [1.29, 1.82) is 0 Å². The van der Waals surface area contributed by atoms with Crippen LogP contribution < -0.4 is 5.32 Å². The van der Waals surface area contributed by atoms with Crippen LogP contribution in [0, 0.1) is 17.7 Å². The van der Waals surface area contributed by atoms with E-state index in [0.717, 1.165) is 5.56 Å². The van der Waals surface area contributed by atoms with Crippen molar-refractivity contribution in [2.24, 2.45) is 11.8 Å². The molecule has 0 aliphatic carbocycles. The lowest BCUT2D eigenvalue weighted by Crippen LogP contribution is -2.48. The van der Waals surface area contributed by atoms with E-state index < -0.39 is 53.4 Å². The number of halogens is 1. The number of para-hydroxylation sites is 1. The number of likely N-dealkylation sites (tertiary alicyclic amines) is 1. The number of benzene rings is 3. The molecule has 3 aromatic carbocycles. The van der Waals surface area contributed by atoms with Crippen LogP contribution in [0.15, 0.2) is 78.9 Å². The van der Waals surface area contributed by atoms with Crippen molar-refractivity contribution in [3.63, 3.8) is 0 Å². The van der Waals surface area contributed by atoms with Gasteiger partial charge in [-0.15, -0.1) is 0 Å². The lowest BCUT2D eigenvalue weighted by Gasteiger charge is -2.31. The maximum Gasteiger partial charge on any atom is 0.257 e. The van der Waals surface area contributed by atoms with Crippen LogP contribution in [-0.2, 0) is 20.9 Å². The predicted molar refractivity (Wildman–Crippen MR) is 123 cm³/mol. The number of fused-ring (bicyclic) bond motifs is 4. The Morgan fingerprint density at radius 1 is 0.743 bits per heavy atom. The fourth-order valence-electron chi connectivity index (χ4n) is 5.57. The Balaban J connectivity index is 1.49. The summed E-state index contributed by atoms with van der Waals surface area (Å²) in [6.45, 7) is 0.0736. The molecule has 7 nitrogen and oxygen atoms in total. The third-order valence-electron chi connectivity index (χ3n) is 7.08. The standard InChI is InChI=1S/C27H20FN3O4/c28-17-12-10-16(11-13-17)22-20-21(27(35)30(26(20)34)14-15-6-2-1-3-7-15)23-24(32)29-19-9-5-4-8-18(19)25(33)31(22)23/h1-13,20-23H,14H2,(H,29,32). The molecule has 6 rings (SSSR count). The average molecular weight is 469 g/mol. The Labute approximate surface area is 200 Å². The van der Waals surface area contributed by atoms with E-state index in [1.807, 2.05) is 30.3 Å². The zero-order chi connectivity index (χ0) is 24.3. The maximum absolute atomic E-state index is 13.8. The average Bonchev–Trinajstić information content (AvgIpc) is 3.30. The van der Waals surface area contributed by atoms with Crippen LogP contribution in [0.1, 0.15) is 27.5 Å². The van der Waals surface area contributed by atoms with Gasteiger partial charge in [-0.3, -0.25) is 24.1 Å². The Bertz CT molecular complexity index is 1370. The summed E-state index contributed by atoms with van der Waals surface area (Å²) in [4.78, 5) is 57.1.